The summed E-state index contributed by atoms with van der Waals surface area (Å²) in [6.45, 7) is 1.47. The second kappa shape index (κ2) is 10.3. The molecule has 0 aliphatic carbocycles. The van der Waals surface area contributed by atoms with Gasteiger partial charge in [-0.2, -0.15) is 0 Å². The fourth-order valence-corrected chi connectivity index (χ4v) is 2.20. The Labute approximate surface area is 167 Å². The van der Waals surface area contributed by atoms with E-state index < -0.39 is 11.8 Å². The maximum Gasteiger partial charge on any atom is 0.276 e. The second-order valence-electron chi connectivity index (χ2n) is 5.37. The van der Waals surface area contributed by atoms with Gasteiger partial charge in [-0.15, -0.1) is 0 Å². The summed E-state index contributed by atoms with van der Waals surface area (Å²) in [7, 11) is 0. The first-order chi connectivity index (χ1) is 12.9. The van der Waals surface area contributed by atoms with Gasteiger partial charge in [-0.1, -0.05) is 41.4 Å². The fraction of sp³-hybridized carbons (Fsp3) is 0.167. The van der Waals surface area contributed by atoms with Gasteiger partial charge in [-0.05, 0) is 43.4 Å². The Bertz CT molecular complexity index is 815. The van der Waals surface area contributed by atoms with Crippen molar-refractivity contribution in [1.82, 2.24) is 16.2 Å². The average Bonchev–Trinajstić information content (AvgIpc) is 2.65. The molecule has 7 nitrogen and oxygen atoms in total. The number of nitrogens with one attached hydrogen (secondary N) is 3. The van der Waals surface area contributed by atoms with Crippen molar-refractivity contribution in [2.45, 2.75) is 6.92 Å². The lowest BCUT2D eigenvalue weighted by Gasteiger charge is -2.12. The number of benzene rings is 2. The molecule has 0 unspecified atom stereocenters. The molecule has 0 fully saturated rings. The highest BCUT2D eigenvalue weighted by Crippen LogP contribution is 2.22. The van der Waals surface area contributed by atoms with Gasteiger partial charge in [0, 0.05) is 0 Å². The number of hydrazine groups is 1. The number of rotatable bonds is 6. The number of halogens is 1. The molecule has 2 amide bonds. The van der Waals surface area contributed by atoms with Gasteiger partial charge >= 0.3 is 0 Å². The smallest absolute Gasteiger partial charge is 0.276 e. The number of ether oxygens (including phenoxy) is 2. The molecular formula is C18H18ClN3O4S. The lowest BCUT2D eigenvalue weighted by atomic mass is 10.2. The van der Waals surface area contributed by atoms with Crippen molar-refractivity contribution >= 4 is 40.7 Å². The molecule has 0 aliphatic heterocycles. The Balaban J connectivity index is 1.64. The molecule has 2 rings (SSSR count). The van der Waals surface area contributed by atoms with Crippen LogP contribution in [0.5, 0.6) is 11.5 Å². The maximum atomic E-state index is 11.8. The van der Waals surface area contributed by atoms with E-state index in [9.17, 15) is 9.59 Å². The predicted molar refractivity (Wildman–Crippen MR) is 106 cm³/mol. The van der Waals surface area contributed by atoms with Crippen molar-refractivity contribution in [3.63, 3.8) is 0 Å². The van der Waals surface area contributed by atoms with E-state index in [0.717, 1.165) is 5.56 Å². The van der Waals surface area contributed by atoms with Crippen LogP contribution in [0.1, 0.15) is 5.56 Å². The topological polar surface area (TPSA) is 88.7 Å². The molecule has 0 aliphatic rings. The third kappa shape index (κ3) is 7.51. The number of carbonyl (C=O) groups is 2. The molecular weight excluding hydrogens is 390 g/mol. The minimum atomic E-state index is -0.502. The Kier molecular flexibility index (Phi) is 7.84. The highest BCUT2D eigenvalue weighted by Gasteiger charge is 2.08. The standard InChI is InChI=1S/C18H18ClN3O4S/c1-12-6-8-13(9-7-12)25-11-17(24)21-22-18(27)20-16(23)10-26-15-5-3-2-4-14(15)19/h2-9H,10-11H2,1H3,(H,21,24)(H2,20,22,23,27). The van der Waals surface area contributed by atoms with Gasteiger partial charge in [-0.25, -0.2) is 0 Å². The summed E-state index contributed by atoms with van der Waals surface area (Å²) in [5, 5.41) is 2.68. The number of thiocarbonyl (C=S) groups is 1. The molecule has 142 valence electrons. The SMILES string of the molecule is Cc1ccc(OCC(=O)NNC(=S)NC(=O)COc2ccccc2Cl)cc1. The van der Waals surface area contributed by atoms with Crippen molar-refractivity contribution < 1.29 is 19.1 Å². The van der Waals surface area contributed by atoms with E-state index in [1.165, 1.54) is 0 Å². The predicted octanol–water partition coefficient (Wildman–Crippen LogP) is 2.13. The first-order valence-corrected chi connectivity index (χ1v) is 8.68. The molecule has 0 saturated carbocycles. The summed E-state index contributed by atoms with van der Waals surface area (Å²) in [5.74, 6) is -0.00447. The van der Waals surface area contributed by atoms with Crippen LogP contribution in [-0.2, 0) is 9.59 Å². The van der Waals surface area contributed by atoms with Crippen molar-refractivity contribution in [2.75, 3.05) is 13.2 Å². The van der Waals surface area contributed by atoms with Gasteiger partial charge in [0.25, 0.3) is 11.8 Å². The zero-order valence-corrected chi connectivity index (χ0v) is 16.0. The number of amides is 2. The van der Waals surface area contributed by atoms with Gasteiger partial charge in [0.15, 0.2) is 18.3 Å². The largest absolute Gasteiger partial charge is 0.484 e. The molecule has 3 N–H and O–H groups in total. The molecule has 2 aromatic carbocycles. The third-order valence-corrected chi connectivity index (χ3v) is 3.67. The van der Waals surface area contributed by atoms with Crippen molar-refractivity contribution in [2.24, 2.45) is 0 Å². The summed E-state index contributed by atoms with van der Waals surface area (Å²) in [6.07, 6.45) is 0. The van der Waals surface area contributed by atoms with Crippen LogP contribution in [0.2, 0.25) is 5.02 Å². The fourth-order valence-electron chi connectivity index (χ4n) is 1.84. The van der Waals surface area contributed by atoms with E-state index in [-0.39, 0.29) is 18.3 Å². The Morgan fingerprint density at radius 1 is 0.963 bits per heavy atom. The third-order valence-electron chi connectivity index (χ3n) is 3.15. The molecule has 0 atom stereocenters. The highest BCUT2D eigenvalue weighted by molar-refractivity contribution is 7.80. The summed E-state index contributed by atoms with van der Waals surface area (Å²) in [5.41, 5.74) is 5.82. The molecule has 27 heavy (non-hydrogen) atoms. The summed E-state index contributed by atoms with van der Waals surface area (Å²) in [6, 6.07) is 14.1. The van der Waals surface area contributed by atoms with Crippen LogP contribution in [0.3, 0.4) is 0 Å². The first-order valence-electron chi connectivity index (χ1n) is 7.89. The minimum Gasteiger partial charge on any atom is -0.484 e. The zero-order valence-electron chi connectivity index (χ0n) is 14.5. The number of hydrogen-bond donors (Lipinski definition) is 3. The second-order valence-corrected chi connectivity index (χ2v) is 6.19. The molecule has 9 heteroatoms. The molecule has 0 bridgehead atoms. The summed E-state index contributed by atoms with van der Waals surface area (Å²) in [4.78, 5) is 23.5. The molecule has 0 aromatic heterocycles. The monoisotopic (exact) mass is 407 g/mol. The van der Waals surface area contributed by atoms with E-state index in [2.05, 4.69) is 16.2 Å². The van der Waals surface area contributed by atoms with Crippen LogP contribution in [0.15, 0.2) is 48.5 Å². The Morgan fingerprint density at radius 3 is 2.33 bits per heavy atom. The molecule has 2 aromatic rings. The number of aryl methyl sites for hydroxylation is 1. The Morgan fingerprint density at radius 2 is 1.63 bits per heavy atom. The van der Waals surface area contributed by atoms with Crippen LogP contribution >= 0.6 is 23.8 Å². The molecule has 0 saturated heterocycles. The van der Waals surface area contributed by atoms with Crippen LogP contribution in [0, 0.1) is 6.92 Å². The van der Waals surface area contributed by atoms with Crippen LogP contribution in [0.4, 0.5) is 0 Å². The minimum absolute atomic E-state index is 0.0774. The molecule has 0 heterocycles. The highest BCUT2D eigenvalue weighted by atomic mass is 35.5. The van der Waals surface area contributed by atoms with E-state index in [1.54, 1.807) is 36.4 Å². The van der Waals surface area contributed by atoms with Crippen molar-refractivity contribution in [3.05, 3.63) is 59.1 Å². The van der Waals surface area contributed by atoms with Crippen molar-refractivity contribution in [3.8, 4) is 11.5 Å². The molecule has 0 spiro atoms. The van der Waals surface area contributed by atoms with E-state index >= 15 is 0 Å². The maximum absolute atomic E-state index is 11.8. The summed E-state index contributed by atoms with van der Waals surface area (Å²) < 4.78 is 10.6. The number of hydrogen-bond acceptors (Lipinski definition) is 5. The van der Waals surface area contributed by atoms with Gasteiger partial charge in [0.1, 0.15) is 11.5 Å². The van der Waals surface area contributed by atoms with E-state index in [0.29, 0.717) is 16.5 Å². The van der Waals surface area contributed by atoms with Crippen LogP contribution in [0.25, 0.3) is 0 Å². The lowest BCUT2D eigenvalue weighted by molar-refractivity contribution is -0.124. The first kappa shape index (κ1) is 20.5. The normalized spacial score (nSPS) is 9.85. The van der Waals surface area contributed by atoms with Gasteiger partial charge in [-0.3, -0.25) is 25.8 Å². The van der Waals surface area contributed by atoms with Crippen LogP contribution in [-0.4, -0.2) is 30.1 Å². The van der Waals surface area contributed by atoms with Crippen LogP contribution < -0.4 is 25.6 Å². The van der Waals surface area contributed by atoms with Gasteiger partial charge in [0.05, 0.1) is 5.02 Å². The molecule has 0 radical (unpaired) electrons. The van der Waals surface area contributed by atoms with Crippen molar-refractivity contribution in [1.29, 1.82) is 0 Å². The van der Waals surface area contributed by atoms with E-state index in [1.807, 2.05) is 19.1 Å². The zero-order chi connectivity index (χ0) is 19.6. The van der Waals surface area contributed by atoms with E-state index in [4.69, 9.17) is 33.3 Å². The number of carbonyl (C=O) groups excluding carboxylic acids is 2. The lowest BCUT2D eigenvalue weighted by Crippen LogP contribution is -2.50. The van der Waals surface area contributed by atoms with Gasteiger partial charge < -0.3 is 9.47 Å². The summed E-state index contributed by atoms with van der Waals surface area (Å²) >= 11 is 10.8. The number of para-hydroxylation sites is 1. The Hall–Kier alpha value is -2.84. The van der Waals surface area contributed by atoms with Gasteiger partial charge in [0.2, 0.25) is 0 Å². The average molecular weight is 408 g/mol. The quantitative estimate of drug-likeness (QED) is 0.502.